The summed E-state index contributed by atoms with van der Waals surface area (Å²) in [5, 5.41) is 9.46. The van der Waals surface area contributed by atoms with Crippen LogP contribution in [0.25, 0.3) is 0 Å². The van der Waals surface area contributed by atoms with Crippen LogP contribution < -0.4 is 0 Å². The van der Waals surface area contributed by atoms with Crippen molar-refractivity contribution in [2.45, 2.75) is 105 Å². The zero-order valence-electron chi connectivity index (χ0n) is 21.0. The Morgan fingerprint density at radius 2 is 1.77 bits per heavy atom. The van der Waals surface area contributed by atoms with Gasteiger partial charge in [0.05, 0.1) is 0 Å². The van der Waals surface area contributed by atoms with E-state index in [-0.39, 0.29) is 0 Å². The quantitative estimate of drug-likeness (QED) is 0.465. The highest BCUT2D eigenvalue weighted by atomic mass is 16.3. The minimum atomic E-state index is 0.292. The summed E-state index contributed by atoms with van der Waals surface area (Å²) in [6.07, 6.45) is 15.9. The van der Waals surface area contributed by atoms with Crippen molar-refractivity contribution in [3.8, 4) is 0 Å². The van der Waals surface area contributed by atoms with Crippen LogP contribution in [0.1, 0.15) is 105 Å². The van der Waals surface area contributed by atoms with Gasteiger partial charge in [0.2, 0.25) is 0 Å². The van der Waals surface area contributed by atoms with Crippen molar-refractivity contribution in [1.82, 2.24) is 0 Å². The second kappa shape index (κ2) is 8.96. The van der Waals surface area contributed by atoms with Gasteiger partial charge in [0.15, 0.2) is 5.78 Å². The van der Waals surface area contributed by atoms with Gasteiger partial charge in [0.25, 0.3) is 0 Å². The molecule has 4 rings (SSSR count). The topological polar surface area (TPSA) is 37.3 Å². The monoisotopic (exact) mass is 428 g/mol. The van der Waals surface area contributed by atoms with E-state index in [4.69, 9.17) is 0 Å². The molecule has 0 radical (unpaired) electrons. The molecule has 0 heterocycles. The Labute approximate surface area is 191 Å². The lowest BCUT2D eigenvalue weighted by Crippen LogP contribution is -2.53. The van der Waals surface area contributed by atoms with Crippen LogP contribution in [0, 0.1) is 52.3 Å². The molecule has 0 amide bonds. The number of hydrogen-bond donors (Lipinski definition) is 1. The van der Waals surface area contributed by atoms with Crippen LogP contribution in [0.15, 0.2) is 11.6 Å². The molecule has 2 heteroatoms. The number of aliphatic hydroxyl groups excluding tert-OH is 1. The lowest BCUT2D eigenvalue weighted by molar-refractivity contribution is -0.134. The predicted octanol–water partition coefficient (Wildman–Crippen LogP) is 7.21. The molecule has 0 aliphatic heterocycles. The number of ketones is 1. The zero-order chi connectivity index (χ0) is 22.4. The third-order valence-electron chi connectivity index (χ3n) is 11.1. The lowest BCUT2D eigenvalue weighted by Gasteiger charge is -2.57. The van der Waals surface area contributed by atoms with E-state index in [1.165, 1.54) is 63.4 Å². The summed E-state index contributed by atoms with van der Waals surface area (Å²) in [4.78, 5) is 13.4. The van der Waals surface area contributed by atoms with Gasteiger partial charge in [-0.3, -0.25) is 4.79 Å². The summed E-state index contributed by atoms with van der Waals surface area (Å²) in [6, 6.07) is 0. The minimum Gasteiger partial charge on any atom is -0.396 e. The molecule has 4 aliphatic rings. The fourth-order valence-corrected chi connectivity index (χ4v) is 9.06. The molecule has 3 saturated carbocycles. The summed E-state index contributed by atoms with van der Waals surface area (Å²) in [6.45, 7) is 12.5. The Balaban J connectivity index is 1.50. The summed E-state index contributed by atoms with van der Waals surface area (Å²) in [5.41, 5.74) is 2.15. The van der Waals surface area contributed by atoms with E-state index in [0.717, 1.165) is 24.7 Å². The highest BCUT2D eigenvalue weighted by molar-refractivity contribution is 5.94. The largest absolute Gasteiger partial charge is 0.396 e. The number of carbonyl (C=O) groups is 1. The highest BCUT2D eigenvalue weighted by Crippen LogP contribution is 2.66. The number of fused-ring (bicyclic) bond motifs is 5. The van der Waals surface area contributed by atoms with Crippen LogP contribution in [-0.4, -0.2) is 17.5 Å². The molecule has 0 saturated heterocycles. The number of hydrogen-bond acceptors (Lipinski definition) is 2. The molecule has 3 fully saturated rings. The zero-order valence-corrected chi connectivity index (χ0v) is 21.0. The van der Waals surface area contributed by atoms with Gasteiger partial charge < -0.3 is 5.11 Å². The molecule has 31 heavy (non-hydrogen) atoms. The van der Waals surface area contributed by atoms with E-state index in [9.17, 15) is 9.90 Å². The molecule has 8 atom stereocenters. The summed E-state index contributed by atoms with van der Waals surface area (Å²) in [7, 11) is 0. The Kier molecular flexibility index (Phi) is 6.80. The molecular weight excluding hydrogens is 380 g/mol. The van der Waals surface area contributed by atoms with Crippen molar-refractivity contribution in [3.63, 3.8) is 0 Å². The Hall–Kier alpha value is -0.630. The average molecular weight is 429 g/mol. The second-order valence-electron chi connectivity index (χ2n) is 12.7. The Bertz CT molecular complexity index is 693. The van der Waals surface area contributed by atoms with Crippen molar-refractivity contribution in [2.24, 2.45) is 52.3 Å². The number of aliphatic hydroxyl groups is 1. The number of rotatable bonds is 7. The first kappa shape index (κ1) is 23.5. The van der Waals surface area contributed by atoms with Gasteiger partial charge in [0.1, 0.15) is 0 Å². The summed E-state index contributed by atoms with van der Waals surface area (Å²) < 4.78 is 0. The van der Waals surface area contributed by atoms with Crippen molar-refractivity contribution < 1.29 is 9.90 Å². The maximum atomic E-state index is 13.4. The van der Waals surface area contributed by atoms with E-state index >= 15 is 0 Å². The van der Waals surface area contributed by atoms with E-state index in [0.29, 0.717) is 52.8 Å². The fraction of sp³-hybridized carbons (Fsp3) is 0.897. The third kappa shape index (κ3) is 3.98. The van der Waals surface area contributed by atoms with Gasteiger partial charge in [-0.05, 0) is 110 Å². The second-order valence-corrected chi connectivity index (χ2v) is 12.7. The molecule has 0 unspecified atom stereocenters. The maximum absolute atomic E-state index is 13.4. The normalized spacial score (nSPS) is 41.9. The molecule has 0 spiro atoms. The first-order valence-electron chi connectivity index (χ1n) is 13.6. The SMILES string of the molecule is CC(C)[C@H](CCO)CC[C@@H](C)[C@H]1CC[C@H]2[C@@H]3C(=O)C=C4CCCC[C@]4(C)[C@H]3CC[C@]12C. The van der Waals surface area contributed by atoms with Gasteiger partial charge >= 0.3 is 0 Å². The molecule has 0 aromatic rings. The molecule has 0 aromatic carbocycles. The minimum absolute atomic E-state index is 0.292. The third-order valence-corrected chi connectivity index (χ3v) is 11.1. The van der Waals surface area contributed by atoms with Crippen molar-refractivity contribution >= 4 is 5.78 Å². The van der Waals surface area contributed by atoms with Gasteiger partial charge in [-0.1, -0.05) is 53.0 Å². The van der Waals surface area contributed by atoms with Crippen LogP contribution in [0.2, 0.25) is 0 Å². The Morgan fingerprint density at radius 3 is 2.48 bits per heavy atom. The van der Waals surface area contributed by atoms with Crippen LogP contribution in [-0.2, 0) is 4.79 Å². The van der Waals surface area contributed by atoms with Crippen LogP contribution >= 0.6 is 0 Å². The molecule has 2 nitrogen and oxygen atoms in total. The predicted molar refractivity (Wildman–Crippen MR) is 129 cm³/mol. The standard InChI is InChI=1S/C29H48O2/c1-19(2)21(14-17-30)10-9-20(3)23-11-12-24-27-25(13-16-29(23,24)5)28(4)15-7-6-8-22(28)18-26(27)31/h18-21,23-25,27,30H,6-17H2,1-5H3/t20-,21+,23-,24+,25+,27+,28+,29-/m1/s1. The molecule has 1 N–H and O–H groups in total. The first-order valence-corrected chi connectivity index (χ1v) is 13.6. The van der Waals surface area contributed by atoms with Crippen molar-refractivity contribution in [1.29, 1.82) is 0 Å². The molecule has 4 aliphatic carbocycles. The Morgan fingerprint density at radius 1 is 1.00 bits per heavy atom. The maximum Gasteiger partial charge on any atom is 0.159 e. The average Bonchev–Trinajstić information content (AvgIpc) is 3.08. The smallest absolute Gasteiger partial charge is 0.159 e. The lowest BCUT2D eigenvalue weighted by atomic mass is 9.46. The van der Waals surface area contributed by atoms with E-state index in [1.54, 1.807) is 0 Å². The van der Waals surface area contributed by atoms with Crippen molar-refractivity contribution in [3.05, 3.63) is 11.6 Å². The number of carbonyl (C=O) groups excluding carboxylic acids is 1. The van der Waals surface area contributed by atoms with Crippen LogP contribution in [0.5, 0.6) is 0 Å². The van der Waals surface area contributed by atoms with E-state index in [2.05, 4.69) is 40.7 Å². The van der Waals surface area contributed by atoms with Gasteiger partial charge in [-0.2, -0.15) is 0 Å². The molecule has 0 bridgehead atoms. The summed E-state index contributed by atoms with van der Waals surface area (Å²) >= 11 is 0. The highest BCUT2D eigenvalue weighted by Gasteiger charge is 2.60. The van der Waals surface area contributed by atoms with Gasteiger partial charge in [-0.15, -0.1) is 0 Å². The fourth-order valence-electron chi connectivity index (χ4n) is 9.06. The van der Waals surface area contributed by atoms with Crippen molar-refractivity contribution in [2.75, 3.05) is 6.61 Å². The number of allylic oxidation sites excluding steroid dienone is 2. The van der Waals surface area contributed by atoms with Crippen LogP contribution in [0.3, 0.4) is 0 Å². The molecule has 176 valence electrons. The van der Waals surface area contributed by atoms with E-state index < -0.39 is 0 Å². The first-order chi connectivity index (χ1) is 14.7. The van der Waals surface area contributed by atoms with Gasteiger partial charge in [0, 0.05) is 12.5 Å². The van der Waals surface area contributed by atoms with Crippen LogP contribution in [0.4, 0.5) is 0 Å². The van der Waals surface area contributed by atoms with E-state index in [1.807, 2.05) is 0 Å². The summed E-state index contributed by atoms with van der Waals surface area (Å²) in [5.74, 6) is 4.76. The molecular formula is C29H48O2. The van der Waals surface area contributed by atoms with Gasteiger partial charge in [-0.25, -0.2) is 0 Å². The molecule has 0 aromatic heterocycles.